The van der Waals surface area contributed by atoms with E-state index < -0.39 is 29.9 Å². The second-order valence-corrected chi connectivity index (χ2v) is 6.14. The molecule has 0 radical (unpaired) electrons. The van der Waals surface area contributed by atoms with Crippen LogP contribution in [0.2, 0.25) is 10.0 Å². The number of carboxylic acid groups (broad SMARTS) is 1. The Morgan fingerprint density at radius 1 is 1.29 bits per heavy atom. The number of rotatable bonds is 3. The summed E-state index contributed by atoms with van der Waals surface area (Å²) in [5.74, 6) is -1.79. The highest BCUT2D eigenvalue weighted by atomic mass is 35.5. The number of urea groups is 1. The lowest BCUT2D eigenvalue weighted by Gasteiger charge is -2.34. The average molecular weight is 337 g/mol. The standard InChI is InChI=1S/C13H15Cl2FN2O3/c1-13(2,3)18(6-10(19)20)12(21)17-11-8(14)4-7(16)5-9(11)15/h4-5H,6H2,1-3H3,(H,17,21)(H,19,20). The number of nitrogens with one attached hydrogen (secondary N) is 1. The van der Waals surface area contributed by atoms with E-state index in [9.17, 15) is 14.0 Å². The zero-order chi connectivity index (χ0) is 16.4. The number of halogens is 3. The van der Waals surface area contributed by atoms with E-state index >= 15 is 0 Å². The second-order valence-electron chi connectivity index (χ2n) is 5.33. The van der Waals surface area contributed by atoms with Crippen LogP contribution in [0.4, 0.5) is 14.9 Å². The van der Waals surface area contributed by atoms with E-state index in [0.29, 0.717) is 0 Å². The van der Waals surface area contributed by atoms with Gasteiger partial charge in [-0.25, -0.2) is 9.18 Å². The van der Waals surface area contributed by atoms with Gasteiger partial charge in [0.15, 0.2) is 0 Å². The Balaban J connectivity index is 3.05. The topological polar surface area (TPSA) is 69.6 Å². The molecule has 0 saturated heterocycles. The number of aliphatic carboxylic acids is 1. The van der Waals surface area contributed by atoms with Crippen molar-refractivity contribution < 1.29 is 19.1 Å². The lowest BCUT2D eigenvalue weighted by molar-refractivity contribution is -0.138. The predicted molar refractivity (Wildman–Crippen MR) is 79.5 cm³/mol. The first-order valence-corrected chi connectivity index (χ1v) is 6.73. The molecule has 2 N–H and O–H groups in total. The zero-order valence-corrected chi connectivity index (χ0v) is 13.2. The third-order valence-electron chi connectivity index (χ3n) is 2.59. The quantitative estimate of drug-likeness (QED) is 0.880. The highest BCUT2D eigenvalue weighted by Crippen LogP contribution is 2.32. The molecule has 0 atom stereocenters. The van der Waals surface area contributed by atoms with Crippen LogP contribution >= 0.6 is 23.2 Å². The van der Waals surface area contributed by atoms with E-state index in [0.717, 1.165) is 17.0 Å². The number of benzene rings is 1. The van der Waals surface area contributed by atoms with Gasteiger partial charge >= 0.3 is 12.0 Å². The van der Waals surface area contributed by atoms with Gasteiger partial charge in [-0.1, -0.05) is 23.2 Å². The summed E-state index contributed by atoms with van der Waals surface area (Å²) >= 11 is 11.7. The molecule has 0 saturated carbocycles. The fourth-order valence-electron chi connectivity index (χ4n) is 1.58. The van der Waals surface area contributed by atoms with Crippen LogP contribution in [-0.4, -0.2) is 34.1 Å². The van der Waals surface area contributed by atoms with Crippen LogP contribution in [0, 0.1) is 5.82 Å². The molecule has 0 heterocycles. The second kappa shape index (κ2) is 6.49. The van der Waals surface area contributed by atoms with Gasteiger partial charge in [-0.2, -0.15) is 0 Å². The average Bonchev–Trinajstić information content (AvgIpc) is 2.28. The molecule has 0 bridgehead atoms. The van der Waals surface area contributed by atoms with Crippen molar-refractivity contribution in [3.05, 3.63) is 28.0 Å². The first kappa shape index (κ1) is 17.5. The maximum atomic E-state index is 13.1. The first-order valence-electron chi connectivity index (χ1n) is 5.97. The largest absolute Gasteiger partial charge is 0.480 e. The zero-order valence-electron chi connectivity index (χ0n) is 11.7. The highest BCUT2D eigenvalue weighted by Gasteiger charge is 2.29. The molecular formula is C13H15Cl2FN2O3. The highest BCUT2D eigenvalue weighted by molar-refractivity contribution is 6.39. The monoisotopic (exact) mass is 336 g/mol. The van der Waals surface area contributed by atoms with E-state index in [1.807, 2.05) is 0 Å². The number of hydrogen-bond donors (Lipinski definition) is 2. The van der Waals surface area contributed by atoms with Crippen molar-refractivity contribution in [1.82, 2.24) is 4.90 Å². The van der Waals surface area contributed by atoms with Gasteiger partial charge in [-0.3, -0.25) is 4.79 Å². The minimum absolute atomic E-state index is 0.0318. The summed E-state index contributed by atoms with van der Waals surface area (Å²) in [5.41, 5.74) is -0.703. The van der Waals surface area contributed by atoms with E-state index in [1.165, 1.54) is 0 Å². The van der Waals surface area contributed by atoms with E-state index in [-0.39, 0.29) is 15.7 Å². The van der Waals surface area contributed by atoms with E-state index in [2.05, 4.69) is 5.32 Å². The number of carbonyl (C=O) groups is 2. The molecule has 2 amide bonds. The van der Waals surface area contributed by atoms with E-state index in [4.69, 9.17) is 28.3 Å². The van der Waals surface area contributed by atoms with Crippen molar-refractivity contribution in [3.8, 4) is 0 Å². The maximum Gasteiger partial charge on any atom is 0.323 e. The van der Waals surface area contributed by atoms with Gasteiger partial charge in [0.2, 0.25) is 0 Å². The van der Waals surface area contributed by atoms with Gasteiger partial charge in [-0.15, -0.1) is 0 Å². The van der Waals surface area contributed by atoms with Gasteiger partial charge in [-0.05, 0) is 32.9 Å². The van der Waals surface area contributed by atoms with Crippen LogP contribution in [0.25, 0.3) is 0 Å². The molecule has 0 unspecified atom stereocenters. The number of amides is 2. The van der Waals surface area contributed by atoms with Crippen LogP contribution in [0.1, 0.15) is 20.8 Å². The summed E-state index contributed by atoms with van der Waals surface area (Å²) in [6, 6.07) is 1.31. The molecule has 0 aromatic heterocycles. The Morgan fingerprint density at radius 3 is 2.14 bits per heavy atom. The molecule has 21 heavy (non-hydrogen) atoms. The van der Waals surface area contributed by atoms with Crippen molar-refractivity contribution in [2.75, 3.05) is 11.9 Å². The smallest absolute Gasteiger partial charge is 0.323 e. The molecule has 8 heteroatoms. The Kier molecular flexibility index (Phi) is 5.42. The summed E-state index contributed by atoms with van der Waals surface area (Å²) in [7, 11) is 0. The molecule has 1 aromatic rings. The summed E-state index contributed by atoms with van der Waals surface area (Å²) in [5, 5.41) is 11.2. The van der Waals surface area contributed by atoms with Gasteiger partial charge in [0.25, 0.3) is 0 Å². The Labute approximate surface area is 131 Å². The molecule has 5 nitrogen and oxygen atoms in total. The fraction of sp³-hybridized carbons (Fsp3) is 0.385. The first-order chi connectivity index (χ1) is 9.52. The van der Waals surface area contributed by atoms with Crippen LogP contribution in [0.15, 0.2) is 12.1 Å². The molecule has 0 aliphatic rings. The van der Waals surface area contributed by atoms with Gasteiger partial charge in [0.05, 0.1) is 15.7 Å². The van der Waals surface area contributed by atoms with Crippen molar-refractivity contribution >= 4 is 40.9 Å². The Morgan fingerprint density at radius 2 is 1.76 bits per heavy atom. The fourth-order valence-corrected chi connectivity index (χ4v) is 2.14. The summed E-state index contributed by atoms with van der Waals surface area (Å²) < 4.78 is 13.1. The molecule has 1 aromatic carbocycles. The molecule has 116 valence electrons. The Hall–Kier alpha value is -1.53. The molecule has 0 aliphatic heterocycles. The minimum Gasteiger partial charge on any atom is -0.480 e. The molecule has 1 rings (SSSR count). The molecule has 0 spiro atoms. The predicted octanol–water partition coefficient (Wildman–Crippen LogP) is 3.85. The summed E-state index contributed by atoms with van der Waals surface area (Å²) in [6.45, 7) is 4.56. The molecule has 0 fully saturated rings. The lowest BCUT2D eigenvalue weighted by atomic mass is 10.1. The van der Waals surface area contributed by atoms with Crippen molar-refractivity contribution in [2.24, 2.45) is 0 Å². The molecule has 0 aliphatic carbocycles. The van der Waals surface area contributed by atoms with Crippen LogP contribution in [-0.2, 0) is 4.79 Å². The van der Waals surface area contributed by atoms with Crippen LogP contribution in [0.3, 0.4) is 0 Å². The third-order valence-corrected chi connectivity index (χ3v) is 3.18. The summed E-state index contributed by atoms with van der Waals surface area (Å²) in [4.78, 5) is 24.2. The van der Waals surface area contributed by atoms with E-state index in [1.54, 1.807) is 20.8 Å². The molecular weight excluding hydrogens is 322 g/mol. The maximum absolute atomic E-state index is 13.1. The Bertz CT molecular complexity index is 550. The van der Waals surface area contributed by atoms with Gasteiger partial charge < -0.3 is 15.3 Å². The third kappa shape index (κ3) is 4.75. The number of carboxylic acids is 1. The lowest BCUT2D eigenvalue weighted by Crippen LogP contribution is -2.50. The van der Waals surface area contributed by atoms with Crippen LogP contribution < -0.4 is 5.32 Å². The van der Waals surface area contributed by atoms with Crippen molar-refractivity contribution in [1.29, 1.82) is 0 Å². The number of carbonyl (C=O) groups excluding carboxylic acids is 1. The van der Waals surface area contributed by atoms with Gasteiger partial charge in [0.1, 0.15) is 12.4 Å². The minimum atomic E-state index is -1.16. The van der Waals surface area contributed by atoms with Crippen LogP contribution in [0.5, 0.6) is 0 Å². The summed E-state index contributed by atoms with van der Waals surface area (Å²) in [6.07, 6.45) is 0. The van der Waals surface area contributed by atoms with Crippen molar-refractivity contribution in [2.45, 2.75) is 26.3 Å². The van der Waals surface area contributed by atoms with Crippen molar-refractivity contribution in [3.63, 3.8) is 0 Å². The SMILES string of the molecule is CC(C)(C)N(CC(=O)O)C(=O)Nc1c(Cl)cc(F)cc1Cl. The van der Waals surface area contributed by atoms with Gasteiger partial charge in [0, 0.05) is 5.54 Å². The number of anilines is 1. The normalized spacial score (nSPS) is 11.1. The number of hydrogen-bond acceptors (Lipinski definition) is 2. The number of nitrogens with zero attached hydrogens (tertiary/aromatic N) is 1.